The average molecular weight is 266 g/mol. The van der Waals surface area contributed by atoms with E-state index in [2.05, 4.69) is 9.97 Å². The van der Waals surface area contributed by atoms with Crippen LogP contribution in [0.2, 0.25) is 5.02 Å². The molecule has 0 saturated carbocycles. The van der Waals surface area contributed by atoms with E-state index < -0.39 is 11.0 Å². The van der Waals surface area contributed by atoms with Crippen molar-refractivity contribution in [2.75, 3.05) is 0 Å². The molecule has 1 aromatic heterocycles. The topological polar surface area (TPSA) is 89.2 Å². The molecule has 0 fully saturated rings. The molecule has 0 saturated heterocycles. The number of rotatable bonds is 3. The van der Waals surface area contributed by atoms with Crippen LogP contribution in [0.5, 0.6) is 0 Å². The highest BCUT2D eigenvalue weighted by Crippen LogP contribution is 2.29. The quantitative estimate of drug-likeness (QED) is 0.678. The summed E-state index contributed by atoms with van der Waals surface area (Å²) >= 11 is 5.91. The Bertz CT molecular complexity index is 577. The minimum Gasteiger partial charge on any atom is -0.382 e. The molecule has 2 rings (SSSR count). The number of nitro benzene ring substituents is 1. The van der Waals surface area contributed by atoms with Gasteiger partial charge in [-0.05, 0) is 6.07 Å². The number of nitro groups is 1. The molecule has 0 radical (unpaired) electrons. The minimum absolute atomic E-state index is 0.113. The maximum absolute atomic E-state index is 10.6. The monoisotopic (exact) mass is 265 g/mol. The zero-order chi connectivity index (χ0) is 13.1. The lowest BCUT2D eigenvalue weighted by molar-refractivity contribution is -0.384. The van der Waals surface area contributed by atoms with Crippen molar-refractivity contribution in [3.05, 3.63) is 63.2 Å². The number of benzene rings is 1. The van der Waals surface area contributed by atoms with E-state index in [4.69, 9.17) is 11.6 Å². The summed E-state index contributed by atoms with van der Waals surface area (Å²) in [6.07, 6.45) is 3.26. The van der Waals surface area contributed by atoms with Gasteiger partial charge in [-0.3, -0.25) is 20.1 Å². The van der Waals surface area contributed by atoms with Crippen molar-refractivity contribution < 1.29 is 10.0 Å². The van der Waals surface area contributed by atoms with E-state index in [-0.39, 0.29) is 10.7 Å². The predicted molar refractivity (Wildman–Crippen MR) is 64.2 cm³/mol. The van der Waals surface area contributed by atoms with Crippen LogP contribution in [0, 0.1) is 10.1 Å². The Balaban J connectivity index is 2.37. The van der Waals surface area contributed by atoms with Gasteiger partial charge in [-0.2, -0.15) is 0 Å². The standard InChI is InChI=1S/C11H8ClN3O3/c12-9-5-7(15(17)18)1-2-8(9)11(16)10-6-13-3-4-14-10/h1-6,11,16H. The van der Waals surface area contributed by atoms with Crippen LogP contribution >= 0.6 is 11.6 Å². The van der Waals surface area contributed by atoms with E-state index in [1.807, 2.05) is 0 Å². The predicted octanol–water partition coefficient (Wildman–Crippen LogP) is 2.12. The number of nitrogens with zero attached hydrogens (tertiary/aromatic N) is 3. The van der Waals surface area contributed by atoms with Gasteiger partial charge in [-0.25, -0.2) is 0 Å². The molecule has 0 spiro atoms. The van der Waals surface area contributed by atoms with Crippen molar-refractivity contribution in [3.63, 3.8) is 0 Å². The second-order valence-corrected chi connectivity index (χ2v) is 3.90. The molecule has 0 aliphatic carbocycles. The Hall–Kier alpha value is -2.05. The molecular formula is C11H8ClN3O3. The molecule has 1 N–H and O–H groups in total. The fourth-order valence-electron chi connectivity index (χ4n) is 1.46. The third-order valence-corrected chi connectivity index (χ3v) is 2.68. The highest BCUT2D eigenvalue weighted by molar-refractivity contribution is 6.31. The lowest BCUT2D eigenvalue weighted by Gasteiger charge is -2.11. The maximum atomic E-state index is 10.6. The molecule has 1 atom stereocenters. The number of aromatic nitrogens is 2. The molecule has 6 nitrogen and oxygen atoms in total. The SMILES string of the molecule is O=[N+]([O-])c1ccc(C(O)c2cnccn2)c(Cl)c1. The molecular weight excluding hydrogens is 258 g/mol. The third kappa shape index (κ3) is 2.44. The van der Waals surface area contributed by atoms with Crippen molar-refractivity contribution in [3.8, 4) is 0 Å². The molecule has 0 bridgehead atoms. The van der Waals surface area contributed by atoms with Crippen molar-refractivity contribution >= 4 is 17.3 Å². The molecule has 1 aromatic carbocycles. The van der Waals surface area contributed by atoms with E-state index in [0.29, 0.717) is 11.3 Å². The Morgan fingerprint density at radius 1 is 1.39 bits per heavy atom. The van der Waals surface area contributed by atoms with Gasteiger partial charge < -0.3 is 5.11 Å². The van der Waals surface area contributed by atoms with Crippen LogP contribution in [-0.2, 0) is 0 Å². The molecule has 1 unspecified atom stereocenters. The molecule has 0 aliphatic heterocycles. The number of aliphatic hydroxyl groups is 1. The summed E-state index contributed by atoms with van der Waals surface area (Å²) in [5.41, 5.74) is 0.547. The van der Waals surface area contributed by atoms with Gasteiger partial charge in [0.1, 0.15) is 6.10 Å². The van der Waals surface area contributed by atoms with Gasteiger partial charge in [-0.1, -0.05) is 11.6 Å². The van der Waals surface area contributed by atoms with Crippen LogP contribution in [0.15, 0.2) is 36.8 Å². The van der Waals surface area contributed by atoms with Gasteiger partial charge in [0.25, 0.3) is 5.69 Å². The van der Waals surface area contributed by atoms with Crippen molar-refractivity contribution in [1.29, 1.82) is 0 Å². The average Bonchev–Trinajstić information content (AvgIpc) is 2.38. The van der Waals surface area contributed by atoms with Gasteiger partial charge in [0, 0.05) is 30.1 Å². The van der Waals surface area contributed by atoms with Crippen molar-refractivity contribution in [1.82, 2.24) is 9.97 Å². The first kappa shape index (κ1) is 12.4. The van der Waals surface area contributed by atoms with Crippen LogP contribution < -0.4 is 0 Å². The fourth-order valence-corrected chi connectivity index (χ4v) is 1.74. The summed E-state index contributed by atoms with van der Waals surface area (Å²) in [4.78, 5) is 17.8. The number of non-ortho nitro benzene ring substituents is 1. The molecule has 92 valence electrons. The van der Waals surface area contributed by atoms with E-state index in [0.717, 1.165) is 0 Å². The second kappa shape index (κ2) is 5.07. The minimum atomic E-state index is -1.06. The van der Waals surface area contributed by atoms with Gasteiger partial charge in [0.2, 0.25) is 0 Å². The molecule has 0 amide bonds. The molecule has 0 aliphatic rings. The zero-order valence-electron chi connectivity index (χ0n) is 9.02. The van der Waals surface area contributed by atoms with Gasteiger partial charge in [0.05, 0.1) is 21.8 Å². The first-order valence-electron chi connectivity index (χ1n) is 4.97. The fraction of sp³-hybridized carbons (Fsp3) is 0.0909. The Labute approximate surface area is 107 Å². The van der Waals surface area contributed by atoms with E-state index in [9.17, 15) is 15.2 Å². The van der Waals surface area contributed by atoms with E-state index in [1.54, 1.807) is 0 Å². The van der Waals surface area contributed by atoms with Crippen molar-refractivity contribution in [2.24, 2.45) is 0 Å². The summed E-state index contributed by atoms with van der Waals surface area (Å²) in [6, 6.07) is 3.87. The molecule has 1 heterocycles. The molecule has 2 aromatic rings. The maximum Gasteiger partial charge on any atom is 0.270 e. The largest absolute Gasteiger partial charge is 0.382 e. The smallest absolute Gasteiger partial charge is 0.270 e. The lowest BCUT2D eigenvalue weighted by atomic mass is 10.1. The highest BCUT2D eigenvalue weighted by Gasteiger charge is 2.18. The van der Waals surface area contributed by atoms with Crippen LogP contribution in [0.1, 0.15) is 17.4 Å². The first-order chi connectivity index (χ1) is 8.59. The van der Waals surface area contributed by atoms with Gasteiger partial charge in [-0.15, -0.1) is 0 Å². The van der Waals surface area contributed by atoms with Crippen LogP contribution in [-0.4, -0.2) is 20.0 Å². The molecule has 18 heavy (non-hydrogen) atoms. The van der Waals surface area contributed by atoms with Crippen LogP contribution in [0.4, 0.5) is 5.69 Å². The van der Waals surface area contributed by atoms with Gasteiger partial charge in [0.15, 0.2) is 0 Å². The number of halogens is 1. The Morgan fingerprint density at radius 3 is 2.72 bits per heavy atom. The number of hydrogen-bond acceptors (Lipinski definition) is 5. The molecule has 7 heteroatoms. The zero-order valence-corrected chi connectivity index (χ0v) is 9.78. The van der Waals surface area contributed by atoms with Crippen LogP contribution in [0.3, 0.4) is 0 Å². The summed E-state index contributed by atoms with van der Waals surface area (Å²) in [5, 5.41) is 20.7. The lowest BCUT2D eigenvalue weighted by Crippen LogP contribution is -2.03. The van der Waals surface area contributed by atoms with E-state index >= 15 is 0 Å². The Kier molecular flexibility index (Phi) is 3.50. The first-order valence-corrected chi connectivity index (χ1v) is 5.35. The second-order valence-electron chi connectivity index (χ2n) is 3.50. The Morgan fingerprint density at radius 2 is 2.17 bits per heavy atom. The van der Waals surface area contributed by atoms with Gasteiger partial charge >= 0.3 is 0 Å². The highest BCUT2D eigenvalue weighted by atomic mass is 35.5. The van der Waals surface area contributed by atoms with E-state index in [1.165, 1.54) is 36.8 Å². The summed E-state index contributed by atoms with van der Waals surface area (Å²) < 4.78 is 0. The third-order valence-electron chi connectivity index (χ3n) is 2.35. The number of aliphatic hydroxyl groups excluding tert-OH is 1. The number of hydrogen-bond donors (Lipinski definition) is 1. The summed E-state index contributed by atoms with van der Waals surface area (Å²) in [6.45, 7) is 0. The van der Waals surface area contributed by atoms with Crippen LogP contribution in [0.25, 0.3) is 0 Å². The summed E-state index contributed by atoms with van der Waals surface area (Å²) in [5.74, 6) is 0. The normalized spacial score (nSPS) is 12.1. The van der Waals surface area contributed by atoms with Crippen molar-refractivity contribution in [2.45, 2.75) is 6.10 Å². The summed E-state index contributed by atoms with van der Waals surface area (Å²) in [7, 11) is 0.